The first-order chi connectivity index (χ1) is 9.49. The van der Waals surface area contributed by atoms with Gasteiger partial charge in [-0.3, -0.25) is 14.9 Å². The summed E-state index contributed by atoms with van der Waals surface area (Å²) in [6.45, 7) is 2.81. The number of aliphatic hydroxyl groups excluding tert-OH is 1. The maximum absolute atomic E-state index is 11.6. The second kappa shape index (κ2) is 5.87. The summed E-state index contributed by atoms with van der Waals surface area (Å²) in [4.78, 5) is 24.0. The maximum Gasteiger partial charge on any atom is 0.292 e. The van der Waals surface area contributed by atoms with Gasteiger partial charge in [-0.05, 0) is 25.0 Å². The first kappa shape index (κ1) is 14.3. The van der Waals surface area contributed by atoms with Crippen molar-refractivity contribution in [3.8, 4) is 0 Å². The van der Waals surface area contributed by atoms with Gasteiger partial charge in [-0.25, -0.2) is 0 Å². The molecule has 0 bridgehead atoms. The van der Waals surface area contributed by atoms with E-state index in [0.717, 1.165) is 6.42 Å². The quantitative estimate of drug-likeness (QED) is 0.635. The van der Waals surface area contributed by atoms with Crippen molar-refractivity contribution in [1.82, 2.24) is 5.32 Å². The summed E-state index contributed by atoms with van der Waals surface area (Å²) < 4.78 is 0. The van der Waals surface area contributed by atoms with Gasteiger partial charge in [0.2, 0.25) is 5.91 Å². The van der Waals surface area contributed by atoms with Crippen LogP contribution in [0.1, 0.15) is 25.0 Å². The fraction of sp³-hybridized carbons (Fsp3) is 0.462. The highest BCUT2D eigenvalue weighted by Crippen LogP contribution is 2.31. The number of anilines is 1. The number of hydrogen-bond donors (Lipinski definition) is 2. The third kappa shape index (κ3) is 3.05. The topological polar surface area (TPSA) is 95.7 Å². The van der Waals surface area contributed by atoms with Crippen molar-refractivity contribution in [2.24, 2.45) is 0 Å². The van der Waals surface area contributed by atoms with Gasteiger partial charge in [0.05, 0.1) is 17.6 Å². The molecule has 0 aliphatic carbocycles. The summed E-state index contributed by atoms with van der Waals surface area (Å²) in [6, 6.07) is 4.61. The van der Waals surface area contributed by atoms with Crippen molar-refractivity contribution in [1.29, 1.82) is 0 Å². The number of carbonyl (C=O) groups is 1. The molecule has 1 saturated heterocycles. The summed E-state index contributed by atoms with van der Waals surface area (Å²) in [5.74, 6) is -0.142. The monoisotopic (exact) mass is 279 g/mol. The van der Waals surface area contributed by atoms with Crippen LogP contribution in [0, 0.1) is 10.1 Å². The van der Waals surface area contributed by atoms with Gasteiger partial charge >= 0.3 is 0 Å². The van der Waals surface area contributed by atoms with Crippen LogP contribution >= 0.6 is 0 Å². The zero-order chi connectivity index (χ0) is 14.7. The van der Waals surface area contributed by atoms with E-state index in [-0.39, 0.29) is 18.1 Å². The summed E-state index contributed by atoms with van der Waals surface area (Å²) >= 11 is 0. The number of aliphatic hydroxyl groups is 1. The van der Waals surface area contributed by atoms with E-state index in [1.807, 2.05) is 0 Å². The van der Waals surface area contributed by atoms with E-state index in [2.05, 4.69) is 5.32 Å². The molecule has 1 aromatic rings. The van der Waals surface area contributed by atoms with Crippen LogP contribution in [-0.4, -0.2) is 35.6 Å². The number of benzene rings is 1. The van der Waals surface area contributed by atoms with Crippen LogP contribution in [0.4, 0.5) is 11.4 Å². The Morgan fingerprint density at radius 3 is 2.90 bits per heavy atom. The van der Waals surface area contributed by atoms with Crippen molar-refractivity contribution in [2.45, 2.75) is 19.4 Å². The standard InChI is InChI=1S/C13H17N3O4/c1-9(17)10-3-4-11(12(7-10)16(19)20)15-6-2-5-14-13(18)8-15/h3-4,7,9,17H,2,5-6,8H2,1H3,(H,14,18)/t9-/m1/s1. The smallest absolute Gasteiger partial charge is 0.292 e. The van der Waals surface area contributed by atoms with E-state index >= 15 is 0 Å². The number of hydrogen-bond acceptors (Lipinski definition) is 5. The minimum atomic E-state index is -0.768. The van der Waals surface area contributed by atoms with Crippen LogP contribution in [0.5, 0.6) is 0 Å². The van der Waals surface area contributed by atoms with E-state index in [0.29, 0.717) is 24.3 Å². The molecule has 1 aromatic carbocycles. The SMILES string of the molecule is C[C@@H](O)c1ccc(N2CCCNC(=O)C2)c([N+](=O)[O-])c1. The number of nitro groups is 1. The highest BCUT2D eigenvalue weighted by molar-refractivity contribution is 5.83. The molecule has 0 radical (unpaired) electrons. The van der Waals surface area contributed by atoms with Crippen LogP contribution in [0.2, 0.25) is 0 Å². The van der Waals surface area contributed by atoms with Crippen LogP contribution in [0.15, 0.2) is 18.2 Å². The predicted octanol–water partition coefficient (Wildman–Crippen LogP) is 0.974. The molecule has 1 heterocycles. The third-order valence-corrected chi connectivity index (χ3v) is 3.28. The van der Waals surface area contributed by atoms with Crippen LogP contribution < -0.4 is 10.2 Å². The molecule has 0 aromatic heterocycles. The Morgan fingerprint density at radius 1 is 1.50 bits per heavy atom. The Labute approximate surface area is 116 Å². The van der Waals surface area contributed by atoms with Gasteiger partial charge in [0.1, 0.15) is 5.69 Å². The molecule has 20 heavy (non-hydrogen) atoms. The second-order valence-corrected chi connectivity index (χ2v) is 4.81. The number of nitrogens with zero attached hydrogens (tertiary/aromatic N) is 2. The number of amides is 1. The van der Waals surface area contributed by atoms with Gasteiger partial charge < -0.3 is 15.3 Å². The summed E-state index contributed by atoms with van der Waals surface area (Å²) in [5.41, 5.74) is 0.814. The van der Waals surface area contributed by atoms with Gasteiger partial charge in [-0.1, -0.05) is 6.07 Å². The number of carbonyl (C=O) groups excluding carboxylic acids is 1. The largest absolute Gasteiger partial charge is 0.389 e. The van der Waals surface area contributed by atoms with E-state index in [9.17, 15) is 20.0 Å². The molecule has 2 N–H and O–H groups in total. The Hall–Kier alpha value is -2.15. The summed E-state index contributed by atoms with van der Waals surface area (Å²) in [6.07, 6.45) is -0.0312. The zero-order valence-electron chi connectivity index (χ0n) is 11.2. The van der Waals surface area contributed by atoms with Crippen molar-refractivity contribution in [3.05, 3.63) is 33.9 Å². The molecule has 0 unspecified atom stereocenters. The molecule has 1 aliphatic heterocycles. The first-order valence-electron chi connectivity index (χ1n) is 6.47. The molecule has 2 rings (SSSR count). The zero-order valence-corrected chi connectivity index (χ0v) is 11.2. The lowest BCUT2D eigenvalue weighted by Gasteiger charge is -2.21. The lowest BCUT2D eigenvalue weighted by Crippen LogP contribution is -2.33. The van der Waals surface area contributed by atoms with Gasteiger partial charge in [0, 0.05) is 19.2 Å². The fourth-order valence-electron chi connectivity index (χ4n) is 2.23. The van der Waals surface area contributed by atoms with Crippen molar-refractivity contribution >= 4 is 17.3 Å². The second-order valence-electron chi connectivity index (χ2n) is 4.81. The molecule has 7 nitrogen and oxygen atoms in total. The molecule has 1 atom stereocenters. The van der Waals surface area contributed by atoms with E-state index < -0.39 is 11.0 Å². The summed E-state index contributed by atoms with van der Waals surface area (Å²) in [5, 5.41) is 23.5. The molecule has 1 aliphatic rings. The molecule has 1 fully saturated rings. The number of nitro benzene ring substituents is 1. The maximum atomic E-state index is 11.6. The Bertz CT molecular complexity index is 530. The predicted molar refractivity (Wildman–Crippen MR) is 73.6 cm³/mol. The lowest BCUT2D eigenvalue weighted by atomic mass is 10.1. The average Bonchev–Trinajstić information content (AvgIpc) is 2.62. The van der Waals surface area contributed by atoms with Gasteiger partial charge in [0.15, 0.2) is 0 Å². The van der Waals surface area contributed by atoms with Gasteiger partial charge in [-0.15, -0.1) is 0 Å². The number of nitrogens with one attached hydrogen (secondary N) is 1. The van der Waals surface area contributed by atoms with Gasteiger partial charge in [-0.2, -0.15) is 0 Å². The van der Waals surface area contributed by atoms with Crippen LogP contribution in [0.3, 0.4) is 0 Å². The number of rotatable bonds is 3. The molecule has 1 amide bonds. The highest BCUT2D eigenvalue weighted by Gasteiger charge is 2.23. The van der Waals surface area contributed by atoms with Crippen LogP contribution in [-0.2, 0) is 4.79 Å². The van der Waals surface area contributed by atoms with Crippen LogP contribution in [0.25, 0.3) is 0 Å². The molecule has 108 valence electrons. The first-order valence-corrected chi connectivity index (χ1v) is 6.47. The Morgan fingerprint density at radius 2 is 2.25 bits per heavy atom. The minimum Gasteiger partial charge on any atom is -0.389 e. The molecule has 7 heteroatoms. The normalized spacial score (nSPS) is 17.3. The molecular formula is C13H17N3O4. The van der Waals surface area contributed by atoms with E-state index in [4.69, 9.17) is 0 Å². The van der Waals surface area contributed by atoms with E-state index in [1.165, 1.54) is 6.07 Å². The third-order valence-electron chi connectivity index (χ3n) is 3.28. The molecular weight excluding hydrogens is 262 g/mol. The Kier molecular flexibility index (Phi) is 4.19. The fourth-order valence-corrected chi connectivity index (χ4v) is 2.23. The van der Waals surface area contributed by atoms with Gasteiger partial charge in [0.25, 0.3) is 5.69 Å². The Balaban J connectivity index is 2.39. The van der Waals surface area contributed by atoms with Crippen molar-refractivity contribution < 1.29 is 14.8 Å². The molecule has 0 spiro atoms. The molecule has 0 saturated carbocycles. The lowest BCUT2D eigenvalue weighted by molar-refractivity contribution is -0.384. The van der Waals surface area contributed by atoms with Crippen molar-refractivity contribution in [3.63, 3.8) is 0 Å². The highest BCUT2D eigenvalue weighted by atomic mass is 16.6. The average molecular weight is 279 g/mol. The summed E-state index contributed by atoms with van der Waals surface area (Å²) in [7, 11) is 0. The van der Waals surface area contributed by atoms with Crippen molar-refractivity contribution in [2.75, 3.05) is 24.5 Å². The minimum absolute atomic E-state index is 0.0851. The van der Waals surface area contributed by atoms with E-state index in [1.54, 1.807) is 24.0 Å².